The highest BCUT2D eigenvalue weighted by Crippen LogP contribution is 2.18. The van der Waals surface area contributed by atoms with Crippen molar-refractivity contribution in [1.82, 2.24) is 0 Å². The Balaban J connectivity index is 4.01. The minimum absolute atomic E-state index is 0.00231. The summed E-state index contributed by atoms with van der Waals surface area (Å²) >= 11 is 0. The van der Waals surface area contributed by atoms with E-state index in [2.05, 4.69) is 6.07 Å². The maximum atomic E-state index is 8.57. The van der Waals surface area contributed by atoms with Crippen molar-refractivity contribution in [3.63, 3.8) is 0 Å². The Morgan fingerprint density at radius 1 is 1.67 bits per heavy atom. The predicted octanol–water partition coefficient (Wildman–Crippen LogP) is 1.27. The number of nitrogens with two attached hydrogens (primary N) is 1. The molecule has 9 heavy (non-hydrogen) atoms. The van der Waals surface area contributed by atoms with Crippen LogP contribution < -0.4 is 5.73 Å². The van der Waals surface area contributed by atoms with Crippen molar-refractivity contribution >= 4 is 0 Å². The van der Waals surface area contributed by atoms with E-state index < -0.39 is 0 Å². The Morgan fingerprint density at radius 2 is 2.11 bits per heavy atom. The zero-order chi connectivity index (χ0) is 7.49. The van der Waals surface area contributed by atoms with Crippen LogP contribution in [0.25, 0.3) is 0 Å². The van der Waals surface area contributed by atoms with Gasteiger partial charge >= 0.3 is 0 Å². The molecule has 2 N–H and O–H groups in total. The summed E-state index contributed by atoms with van der Waals surface area (Å²) in [5.74, 6) is 0. The quantitative estimate of drug-likeness (QED) is 0.605. The maximum absolute atomic E-state index is 8.57. The monoisotopic (exact) mass is 126 g/mol. The molecule has 0 amide bonds. The lowest BCUT2D eigenvalue weighted by atomic mass is 9.85. The summed E-state index contributed by atoms with van der Waals surface area (Å²) in [7, 11) is 0. The first-order valence-corrected chi connectivity index (χ1v) is 3.21. The summed E-state index contributed by atoms with van der Waals surface area (Å²) in [6.07, 6.45) is 0.862. The van der Waals surface area contributed by atoms with Crippen molar-refractivity contribution in [2.45, 2.75) is 33.2 Å². The van der Waals surface area contributed by atoms with Crippen molar-refractivity contribution in [2.75, 3.05) is 0 Å². The van der Waals surface area contributed by atoms with E-state index in [0.717, 1.165) is 6.42 Å². The molecule has 0 aliphatic rings. The number of nitriles is 1. The van der Waals surface area contributed by atoms with Gasteiger partial charge in [0.25, 0.3) is 0 Å². The number of rotatable bonds is 2. The molecule has 0 aromatic carbocycles. The summed E-state index contributed by atoms with van der Waals surface area (Å²) < 4.78 is 0. The molecule has 0 aromatic heterocycles. The zero-order valence-electron chi connectivity index (χ0n) is 6.31. The maximum Gasteiger partial charge on any atom is 0.0700 e. The fourth-order valence-electron chi connectivity index (χ4n) is 0.593. The van der Waals surface area contributed by atoms with Gasteiger partial charge < -0.3 is 5.73 Å². The summed E-state index contributed by atoms with van der Waals surface area (Å²) in [4.78, 5) is 0. The zero-order valence-corrected chi connectivity index (χ0v) is 6.31. The molecule has 2 heteroatoms. The normalized spacial score (nSPS) is 14.6. The topological polar surface area (TPSA) is 49.8 Å². The average molecular weight is 126 g/mol. The standard InChI is InChI=1S/C7H14N2/c1-4-6(9)7(2,3)5-8/h6H,4,9H2,1-3H3. The molecular formula is C7H14N2. The fraction of sp³-hybridized carbons (Fsp3) is 0.857. The molecule has 0 saturated carbocycles. The molecule has 0 aliphatic carbocycles. The van der Waals surface area contributed by atoms with Crippen LogP contribution in [0.1, 0.15) is 27.2 Å². The van der Waals surface area contributed by atoms with Crippen molar-refractivity contribution in [3.05, 3.63) is 0 Å². The first-order valence-electron chi connectivity index (χ1n) is 3.21. The molecule has 0 aromatic rings. The van der Waals surface area contributed by atoms with Gasteiger partial charge in [0.05, 0.1) is 11.5 Å². The van der Waals surface area contributed by atoms with Crippen LogP contribution in [0.3, 0.4) is 0 Å². The van der Waals surface area contributed by atoms with E-state index in [1.807, 2.05) is 20.8 Å². The van der Waals surface area contributed by atoms with Gasteiger partial charge in [-0.05, 0) is 20.3 Å². The first kappa shape index (κ1) is 8.45. The van der Waals surface area contributed by atoms with Gasteiger partial charge in [-0.1, -0.05) is 6.92 Å². The Hall–Kier alpha value is -0.550. The van der Waals surface area contributed by atoms with Crippen LogP contribution in [0.4, 0.5) is 0 Å². The van der Waals surface area contributed by atoms with E-state index in [1.54, 1.807) is 0 Å². The fourth-order valence-corrected chi connectivity index (χ4v) is 0.593. The van der Waals surface area contributed by atoms with Crippen LogP contribution in [0.5, 0.6) is 0 Å². The van der Waals surface area contributed by atoms with E-state index in [-0.39, 0.29) is 11.5 Å². The Bertz CT molecular complexity index is 121. The molecule has 0 saturated heterocycles. The minimum atomic E-state index is -0.366. The largest absolute Gasteiger partial charge is 0.326 e. The number of hydrogen-bond acceptors (Lipinski definition) is 2. The number of nitrogens with zero attached hydrogens (tertiary/aromatic N) is 1. The highest BCUT2D eigenvalue weighted by atomic mass is 14.7. The molecule has 1 atom stereocenters. The Labute approximate surface area is 56.7 Å². The van der Waals surface area contributed by atoms with Crippen LogP contribution in [0, 0.1) is 16.7 Å². The van der Waals surface area contributed by atoms with E-state index in [9.17, 15) is 0 Å². The van der Waals surface area contributed by atoms with Gasteiger partial charge in [0.2, 0.25) is 0 Å². The molecule has 52 valence electrons. The van der Waals surface area contributed by atoms with Crippen molar-refractivity contribution < 1.29 is 0 Å². The second-order valence-corrected chi connectivity index (χ2v) is 2.85. The molecule has 0 fully saturated rings. The van der Waals surface area contributed by atoms with E-state index >= 15 is 0 Å². The summed E-state index contributed by atoms with van der Waals surface area (Å²) in [6.45, 7) is 5.71. The predicted molar refractivity (Wildman–Crippen MR) is 37.7 cm³/mol. The third kappa shape index (κ3) is 2.03. The molecular weight excluding hydrogens is 112 g/mol. The average Bonchev–Trinajstić information content (AvgIpc) is 1.86. The van der Waals surface area contributed by atoms with Crippen LogP contribution in [0.2, 0.25) is 0 Å². The number of hydrogen-bond donors (Lipinski definition) is 1. The first-order chi connectivity index (χ1) is 4.04. The molecule has 0 radical (unpaired) electrons. The highest BCUT2D eigenvalue weighted by molar-refractivity contribution is 4.98. The summed E-state index contributed by atoms with van der Waals surface area (Å²) in [6, 6.07) is 2.17. The van der Waals surface area contributed by atoms with E-state index in [0.29, 0.717) is 0 Å². The second-order valence-electron chi connectivity index (χ2n) is 2.85. The lowest BCUT2D eigenvalue weighted by molar-refractivity contribution is 0.374. The minimum Gasteiger partial charge on any atom is -0.326 e. The van der Waals surface area contributed by atoms with Crippen molar-refractivity contribution in [3.8, 4) is 6.07 Å². The smallest absolute Gasteiger partial charge is 0.0700 e. The van der Waals surface area contributed by atoms with Gasteiger partial charge in [-0.3, -0.25) is 0 Å². The van der Waals surface area contributed by atoms with Gasteiger partial charge in [0.1, 0.15) is 0 Å². The second kappa shape index (κ2) is 2.84. The Kier molecular flexibility index (Phi) is 2.66. The van der Waals surface area contributed by atoms with Gasteiger partial charge in [-0.2, -0.15) is 5.26 Å². The SMILES string of the molecule is CCC(N)C(C)(C)C#N. The summed E-state index contributed by atoms with van der Waals surface area (Å²) in [5.41, 5.74) is 5.27. The van der Waals surface area contributed by atoms with Gasteiger partial charge in [-0.15, -0.1) is 0 Å². The molecule has 1 unspecified atom stereocenters. The summed E-state index contributed by atoms with van der Waals surface area (Å²) in [5, 5.41) is 8.57. The third-order valence-corrected chi connectivity index (χ3v) is 1.65. The van der Waals surface area contributed by atoms with Crippen LogP contribution >= 0.6 is 0 Å². The third-order valence-electron chi connectivity index (χ3n) is 1.65. The molecule has 2 nitrogen and oxygen atoms in total. The van der Waals surface area contributed by atoms with Crippen molar-refractivity contribution in [2.24, 2.45) is 11.1 Å². The molecule has 0 spiro atoms. The van der Waals surface area contributed by atoms with Crippen LogP contribution in [-0.2, 0) is 0 Å². The van der Waals surface area contributed by atoms with Gasteiger partial charge in [-0.25, -0.2) is 0 Å². The van der Waals surface area contributed by atoms with E-state index in [1.165, 1.54) is 0 Å². The molecule has 0 bridgehead atoms. The van der Waals surface area contributed by atoms with E-state index in [4.69, 9.17) is 11.0 Å². The van der Waals surface area contributed by atoms with Gasteiger partial charge in [0.15, 0.2) is 0 Å². The van der Waals surface area contributed by atoms with Crippen LogP contribution in [-0.4, -0.2) is 6.04 Å². The molecule has 0 aliphatic heterocycles. The van der Waals surface area contributed by atoms with Gasteiger partial charge in [0, 0.05) is 6.04 Å². The molecule has 0 heterocycles. The molecule has 0 rings (SSSR count). The van der Waals surface area contributed by atoms with Crippen molar-refractivity contribution in [1.29, 1.82) is 5.26 Å². The van der Waals surface area contributed by atoms with Crippen LogP contribution in [0.15, 0.2) is 0 Å². The lowest BCUT2D eigenvalue weighted by Crippen LogP contribution is -2.35. The lowest BCUT2D eigenvalue weighted by Gasteiger charge is -2.21. The highest BCUT2D eigenvalue weighted by Gasteiger charge is 2.23. The Morgan fingerprint density at radius 3 is 2.22 bits per heavy atom.